The topological polar surface area (TPSA) is 68.6 Å². The molecule has 0 saturated carbocycles. The summed E-state index contributed by atoms with van der Waals surface area (Å²) in [5.41, 5.74) is 1.55. The number of hydrogen-bond acceptors (Lipinski definition) is 5. The van der Waals surface area contributed by atoms with E-state index < -0.39 is 5.97 Å². The Bertz CT molecular complexity index is 841. The van der Waals surface area contributed by atoms with Gasteiger partial charge in [0.05, 0.1) is 13.7 Å². The molecule has 5 nitrogen and oxygen atoms in total. The lowest BCUT2D eigenvalue weighted by Crippen LogP contribution is -2.06. The molecule has 0 unspecified atom stereocenters. The molecule has 0 aliphatic heterocycles. The minimum atomic E-state index is -0.662. The van der Waals surface area contributed by atoms with Crippen LogP contribution < -0.4 is 9.47 Å². The van der Waals surface area contributed by atoms with Gasteiger partial charge < -0.3 is 14.2 Å². The quantitative estimate of drug-likeness (QED) is 0.378. The third kappa shape index (κ3) is 5.11. The van der Waals surface area contributed by atoms with Gasteiger partial charge in [0, 0.05) is 4.47 Å². The van der Waals surface area contributed by atoms with Gasteiger partial charge in [-0.1, -0.05) is 46.3 Å². The molecule has 2 rings (SSSR count). The van der Waals surface area contributed by atoms with Gasteiger partial charge in [-0.2, -0.15) is 5.26 Å². The predicted molar refractivity (Wildman–Crippen MR) is 102 cm³/mol. The van der Waals surface area contributed by atoms with E-state index in [-0.39, 0.29) is 12.2 Å². The number of carbonyl (C=O) groups excluding carboxylic acids is 1. The van der Waals surface area contributed by atoms with E-state index in [2.05, 4.69) is 15.9 Å². The molecule has 0 aliphatic rings. The summed E-state index contributed by atoms with van der Waals surface area (Å²) in [6.45, 7) is 2.28. The fourth-order valence-corrected chi connectivity index (χ4v) is 2.61. The zero-order chi connectivity index (χ0) is 18.9. The van der Waals surface area contributed by atoms with E-state index in [4.69, 9.17) is 14.2 Å². The third-order valence-corrected chi connectivity index (χ3v) is 4.12. The van der Waals surface area contributed by atoms with Crippen LogP contribution in [0.5, 0.6) is 11.5 Å². The Kier molecular flexibility index (Phi) is 7.24. The maximum absolute atomic E-state index is 11.8. The molecule has 0 amide bonds. The van der Waals surface area contributed by atoms with Gasteiger partial charge in [0.15, 0.2) is 11.5 Å². The van der Waals surface area contributed by atoms with Crippen LogP contribution in [0.1, 0.15) is 18.1 Å². The lowest BCUT2D eigenvalue weighted by atomic mass is 10.1. The smallest absolute Gasteiger partial charge is 0.348 e. The largest absolute Gasteiger partial charge is 0.493 e. The monoisotopic (exact) mass is 415 g/mol. The van der Waals surface area contributed by atoms with E-state index in [1.807, 2.05) is 36.4 Å². The first-order valence-electron chi connectivity index (χ1n) is 7.92. The molecule has 6 heteroatoms. The first kappa shape index (κ1) is 19.5. The van der Waals surface area contributed by atoms with Crippen LogP contribution in [0.2, 0.25) is 0 Å². The number of nitrogens with zero attached hydrogens (tertiary/aromatic N) is 1. The number of rotatable bonds is 7. The molecule has 0 saturated heterocycles. The molecule has 0 bridgehead atoms. The Morgan fingerprint density at radius 3 is 2.58 bits per heavy atom. The molecule has 0 radical (unpaired) electrons. The molecular formula is C20H18BrNO4. The lowest BCUT2D eigenvalue weighted by Gasteiger charge is -2.13. The highest BCUT2D eigenvalue weighted by Crippen LogP contribution is 2.35. The summed E-state index contributed by atoms with van der Waals surface area (Å²) in [5.74, 6) is 0.386. The van der Waals surface area contributed by atoms with Crippen molar-refractivity contribution in [2.24, 2.45) is 0 Å². The molecule has 134 valence electrons. The maximum atomic E-state index is 11.8. The SMILES string of the molecule is CCOC(=O)C(C#N)=Cc1cc(OC)c(OCc2ccccc2)cc1Br. The average Bonchev–Trinajstić information content (AvgIpc) is 2.66. The van der Waals surface area contributed by atoms with Crippen LogP contribution in [0, 0.1) is 11.3 Å². The van der Waals surface area contributed by atoms with Crippen LogP contribution in [0.4, 0.5) is 0 Å². The van der Waals surface area contributed by atoms with Crippen molar-refractivity contribution in [3.8, 4) is 17.6 Å². The Morgan fingerprint density at radius 2 is 1.96 bits per heavy atom. The molecule has 2 aromatic carbocycles. The van der Waals surface area contributed by atoms with Gasteiger partial charge in [-0.25, -0.2) is 4.79 Å². The van der Waals surface area contributed by atoms with Crippen LogP contribution >= 0.6 is 15.9 Å². The second-order valence-electron chi connectivity index (χ2n) is 5.19. The number of hydrogen-bond donors (Lipinski definition) is 0. The molecule has 0 spiro atoms. The second-order valence-corrected chi connectivity index (χ2v) is 6.04. The summed E-state index contributed by atoms with van der Waals surface area (Å²) in [6, 6.07) is 15.1. The third-order valence-electron chi connectivity index (χ3n) is 3.44. The van der Waals surface area contributed by atoms with Crippen LogP contribution in [0.3, 0.4) is 0 Å². The minimum absolute atomic E-state index is 0.0902. The second kappa shape index (κ2) is 9.64. The molecular weight excluding hydrogens is 398 g/mol. The molecule has 0 fully saturated rings. The maximum Gasteiger partial charge on any atom is 0.348 e. The fourth-order valence-electron chi connectivity index (χ4n) is 2.17. The highest BCUT2D eigenvalue weighted by molar-refractivity contribution is 9.10. The number of esters is 1. The fraction of sp³-hybridized carbons (Fsp3) is 0.200. The van der Waals surface area contributed by atoms with Gasteiger partial charge in [0.2, 0.25) is 0 Å². The first-order chi connectivity index (χ1) is 12.6. The van der Waals surface area contributed by atoms with Crippen LogP contribution in [0.15, 0.2) is 52.5 Å². The Labute approximate surface area is 160 Å². The van der Waals surface area contributed by atoms with Crippen molar-refractivity contribution >= 4 is 28.0 Å². The van der Waals surface area contributed by atoms with Gasteiger partial charge in [0.1, 0.15) is 18.2 Å². The zero-order valence-corrected chi connectivity index (χ0v) is 16.1. The summed E-state index contributed by atoms with van der Waals surface area (Å²) in [5, 5.41) is 9.18. The van der Waals surface area contributed by atoms with E-state index >= 15 is 0 Å². The number of carbonyl (C=O) groups is 1. The van der Waals surface area contributed by atoms with Crippen molar-refractivity contribution in [3.05, 3.63) is 63.6 Å². The molecule has 0 heterocycles. The van der Waals surface area contributed by atoms with Crippen molar-refractivity contribution in [2.75, 3.05) is 13.7 Å². The van der Waals surface area contributed by atoms with E-state index in [1.165, 1.54) is 13.2 Å². The molecule has 0 aliphatic carbocycles. The molecule has 26 heavy (non-hydrogen) atoms. The number of benzene rings is 2. The van der Waals surface area contributed by atoms with E-state index in [9.17, 15) is 10.1 Å². The Balaban J connectivity index is 2.28. The van der Waals surface area contributed by atoms with Crippen LogP contribution in [0.25, 0.3) is 6.08 Å². The minimum Gasteiger partial charge on any atom is -0.493 e. The van der Waals surface area contributed by atoms with Crippen LogP contribution in [-0.4, -0.2) is 19.7 Å². The molecule has 0 atom stereocenters. The van der Waals surface area contributed by atoms with E-state index in [0.717, 1.165) is 5.56 Å². The summed E-state index contributed by atoms with van der Waals surface area (Å²) < 4.78 is 16.8. The van der Waals surface area contributed by atoms with Gasteiger partial charge in [-0.15, -0.1) is 0 Å². The zero-order valence-electron chi connectivity index (χ0n) is 14.5. The predicted octanol–water partition coefficient (Wildman–Crippen LogP) is 4.51. The van der Waals surface area contributed by atoms with Crippen molar-refractivity contribution in [1.29, 1.82) is 5.26 Å². The first-order valence-corrected chi connectivity index (χ1v) is 8.71. The van der Waals surface area contributed by atoms with Crippen molar-refractivity contribution in [1.82, 2.24) is 0 Å². The number of methoxy groups -OCH3 is 1. The Hall–Kier alpha value is -2.78. The van der Waals surface area contributed by atoms with Crippen molar-refractivity contribution < 1.29 is 19.0 Å². The molecule has 2 aromatic rings. The summed E-state index contributed by atoms with van der Waals surface area (Å²) in [6.07, 6.45) is 1.45. The summed E-state index contributed by atoms with van der Waals surface area (Å²) >= 11 is 3.44. The lowest BCUT2D eigenvalue weighted by molar-refractivity contribution is -0.137. The number of halogens is 1. The molecule has 0 aromatic heterocycles. The van der Waals surface area contributed by atoms with E-state index in [0.29, 0.717) is 28.1 Å². The standard InChI is InChI=1S/C20H18BrNO4/c1-3-25-20(23)16(12-22)9-15-10-18(24-2)19(11-17(15)21)26-13-14-7-5-4-6-8-14/h4-11H,3,13H2,1-2H3. The number of nitriles is 1. The number of ether oxygens (including phenoxy) is 3. The summed E-state index contributed by atoms with van der Waals surface area (Å²) in [4.78, 5) is 11.8. The van der Waals surface area contributed by atoms with Gasteiger partial charge in [-0.05, 0) is 36.3 Å². The van der Waals surface area contributed by atoms with Gasteiger partial charge in [-0.3, -0.25) is 0 Å². The highest BCUT2D eigenvalue weighted by Gasteiger charge is 2.14. The summed E-state index contributed by atoms with van der Waals surface area (Å²) in [7, 11) is 1.53. The highest BCUT2D eigenvalue weighted by atomic mass is 79.9. The van der Waals surface area contributed by atoms with Crippen LogP contribution in [-0.2, 0) is 16.1 Å². The van der Waals surface area contributed by atoms with Gasteiger partial charge >= 0.3 is 5.97 Å². The molecule has 0 N–H and O–H groups in total. The normalized spacial score (nSPS) is 10.8. The van der Waals surface area contributed by atoms with Crippen molar-refractivity contribution in [2.45, 2.75) is 13.5 Å². The van der Waals surface area contributed by atoms with E-state index in [1.54, 1.807) is 19.1 Å². The Morgan fingerprint density at radius 1 is 1.23 bits per heavy atom. The van der Waals surface area contributed by atoms with Gasteiger partial charge in [0.25, 0.3) is 0 Å². The average molecular weight is 416 g/mol. The van der Waals surface area contributed by atoms with Crippen molar-refractivity contribution in [3.63, 3.8) is 0 Å².